The summed E-state index contributed by atoms with van der Waals surface area (Å²) in [5.41, 5.74) is 7.50. The summed E-state index contributed by atoms with van der Waals surface area (Å²) in [6.07, 6.45) is 3.19. The van der Waals surface area contributed by atoms with Gasteiger partial charge in [0.05, 0.1) is 0 Å². The topological polar surface area (TPSA) is 11.6 Å². The van der Waals surface area contributed by atoms with Crippen LogP contribution in [0.25, 0.3) is 33.7 Å². The Morgan fingerprint density at radius 2 is 1.31 bits per heavy atom. The van der Waals surface area contributed by atoms with E-state index in [9.17, 15) is 0 Å². The molecule has 4 rings (SSSR count). The summed E-state index contributed by atoms with van der Waals surface area (Å²) in [6, 6.07) is 24.1. The molecule has 3 nitrogen and oxygen atoms in total. The summed E-state index contributed by atoms with van der Waals surface area (Å²) in [5.74, 6) is 0.645. The van der Waals surface area contributed by atoms with Crippen molar-refractivity contribution in [3.05, 3.63) is 78.5 Å². The van der Waals surface area contributed by atoms with Crippen LogP contribution in [0.3, 0.4) is 0 Å². The lowest BCUT2D eigenvalue weighted by atomic mass is 9.98. The van der Waals surface area contributed by atoms with Gasteiger partial charge < -0.3 is 0 Å². The van der Waals surface area contributed by atoms with Crippen LogP contribution in [0.4, 0.5) is 0 Å². The van der Waals surface area contributed by atoms with Crippen LogP contribution in [-0.2, 0) is 27.6 Å². The minimum atomic E-state index is 0.645. The smallest absolute Gasteiger partial charge is 0.196 e. The minimum absolute atomic E-state index is 0.645. The van der Waals surface area contributed by atoms with Crippen molar-refractivity contribution < 1.29 is 13.7 Å². The molecule has 29 heavy (non-hydrogen) atoms. The molecule has 146 valence electrons. The third-order valence-electron chi connectivity index (χ3n) is 5.74. The van der Waals surface area contributed by atoms with Crippen LogP contribution in [0.1, 0.15) is 19.4 Å². The summed E-state index contributed by atoms with van der Waals surface area (Å²) in [6.45, 7) is 4.56. The van der Waals surface area contributed by atoms with Gasteiger partial charge in [0.15, 0.2) is 6.20 Å². The highest BCUT2D eigenvalue weighted by molar-refractivity contribution is 5.81. The lowest BCUT2D eigenvalue weighted by Gasteiger charge is -2.09. The molecule has 0 saturated carbocycles. The number of aryl methyl sites for hydroxylation is 2. The van der Waals surface area contributed by atoms with Gasteiger partial charge in [-0.2, -0.15) is 13.7 Å². The van der Waals surface area contributed by atoms with Gasteiger partial charge in [0.1, 0.15) is 21.1 Å². The third-order valence-corrected chi connectivity index (χ3v) is 5.74. The molecule has 0 atom stereocenters. The number of aromatic nitrogens is 3. The molecule has 0 fully saturated rings. The lowest BCUT2D eigenvalue weighted by molar-refractivity contribution is -0.692. The number of nitrogens with zero attached hydrogens (tertiary/aromatic N) is 3. The second-order valence-electron chi connectivity index (χ2n) is 8.28. The van der Waals surface area contributed by atoms with E-state index in [-0.39, 0.29) is 0 Å². The molecule has 0 radical (unpaired) electrons. The van der Waals surface area contributed by atoms with Gasteiger partial charge in [0.25, 0.3) is 22.8 Å². The van der Waals surface area contributed by atoms with Crippen LogP contribution in [0.15, 0.2) is 72.9 Å². The first-order chi connectivity index (χ1) is 14.0. The molecular weight excluding hydrogens is 354 g/mol. The zero-order valence-electron chi connectivity index (χ0n) is 18.1. The molecule has 0 unspecified atom stereocenters. The van der Waals surface area contributed by atoms with Gasteiger partial charge in [-0.15, -0.1) is 0 Å². The zero-order chi connectivity index (χ0) is 20.5. The van der Waals surface area contributed by atoms with E-state index in [2.05, 4.69) is 122 Å². The highest BCUT2D eigenvalue weighted by Crippen LogP contribution is 2.23. The summed E-state index contributed by atoms with van der Waals surface area (Å²) in [5, 5.41) is 1.35. The molecular formula is C26H30N3+3. The molecule has 0 aliphatic heterocycles. The average Bonchev–Trinajstić information content (AvgIpc) is 2.70. The molecule has 0 spiro atoms. The lowest BCUT2D eigenvalue weighted by Crippen LogP contribution is -2.43. The first kappa shape index (κ1) is 19.3. The van der Waals surface area contributed by atoms with Crippen LogP contribution < -0.4 is 13.7 Å². The Kier molecular flexibility index (Phi) is 5.14. The summed E-state index contributed by atoms with van der Waals surface area (Å²) < 4.78 is 6.77. The van der Waals surface area contributed by atoms with Crippen molar-refractivity contribution >= 4 is 10.9 Å². The molecule has 0 aliphatic carbocycles. The second-order valence-corrected chi connectivity index (χ2v) is 8.28. The Balaban J connectivity index is 1.89. The maximum atomic E-state index is 2.32. The van der Waals surface area contributed by atoms with Crippen molar-refractivity contribution in [1.82, 2.24) is 0 Å². The molecule has 0 N–H and O–H groups in total. The monoisotopic (exact) mass is 384 g/mol. The number of hydrogen-bond acceptors (Lipinski definition) is 0. The first-order valence-corrected chi connectivity index (χ1v) is 10.3. The minimum Gasteiger partial charge on any atom is -0.196 e. The Hall–Kier alpha value is -3.07. The molecule has 3 heteroatoms. The van der Waals surface area contributed by atoms with Gasteiger partial charge in [-0.05, 0) is 36.1 Å². The van der Waals surface area contributed by atoms with Gasteiger partial charge in [-0.1, -0.05) is 26.0 Å². The molecule has 0 saturated heterocycles. The molecule has 4 aromatic rings. The second kappa shape index (κ2) is 7.75. The van der Waals surface area contributed by atoms with Crippen molar-refractivity contribution in [2.75, 3.05) is 0 Å². The van der Waals surface area contributed by atoms with Gasteiger partial charge in [0.2, 0.25) is 5.52 Å². The van der Waals surface area contributed by atoms with Gasteiger partial charge >= 0.3 is 0 Å². The van der Waals surface area contributed by atoms with Crippen molar-refractivity contribution in [3.8, 4) is 22.8 Å². The first-order valence-electron chi connectivity index (χ1n) is 10.3. The van der Waals surface area contributed by atoms with E-state index in [1.54, 1.807) is 0 Å². The van der Waals surface area contributed by atoms with E-state index < -0.39 is 0 Å². The molecule has 3 aromatic heterocycles. The van der Waals surface area contributed by atoms with Crippen LogP contribution in [0.2, 0.25) is 0 Å². The van der Waals surface area contributed by atoms with E-state index in [0.717, 1.165) is 6.42 Å². The molecule has 0 aliphatic rings. The highest BCUT2D eigenvalue weighted by atomic mass is 15.0. The van der Waals surface area contributed by atoms with E-state index in [0.29, 0.717) is 5.92 Å². The van der Waals surface area contributed by atoms with Gasteiger partial charge in [-0.3, -0.25) is 0 Å². The van der Waals surface area contributed by atoms with Crippen molar-refractivity contribution in [2.45, 2.75) is 20.3 Å². The number of fused-ring (bicyclic) bond motifs is 1. The molecule has 3 heterocycles. The van der Waals surface area contributed by atoms with Gasteiger partial charge in [-0.25, -0.2) is 0 Å². The van der Waals surface area contributed by atoms with E-state index in [4.69, 9.17) is 0 Å². The predicted octanol–water partition coefficient (Wildman–Crippen LogP) is 3.85. The van der Waals surface area contributed by atoms with Crippen molar-refractivity contribution in [3.63, 3.8) is 0 Å². The standard InChI is InChI=1S/C26H30N3/c1-19(2)18-20-10-8-12-22-21(20)15-16-26(28(22)4)25-14-9-13-24(29(25)5)23-11-6-7-17-27(23)3/h6-17,19H,18H2,1-5H3/q+3. The SMILES string of the molecule is CC(C)Cc1cccc2c1ccc(-c1cccc(-c3cccc[n+]3C)[n+]1C)[n+]2C. The van der Waals surface area contributed by atoms with Crippen LogP contribution in [0.5, 0.6) is 0 Å². The fourth-order valence-electron chi connectivity index (χ4n) is 4.25. The van der Waals surface area contributed by atoms with E-state index in [1.807, 2.05) is 0 Å². The fraction of sp³-hybridized carbons (Fsp3) is 0.269. The number of pyridine rings is 3. The summed E-state index contributed by atoms with van der Waals surface area (Å²) in [4.78, 5) is 0. The average molecular weight is 385 g/mol. The number of hydrogen-bond donors (Lipinski definition) is 0. The Labute approximate surface area is 173 Å². The Morgan fingerprint density at radius 1 is 0.655 bits per heavy atom. The fourth-order valence-corrected chi connectivity index (χ4v) is 4.25. The van der Waals surface area contributed by atoms with Gasteiger partial charge in [0, 0.05) is 41.8 Å². The quantitative estimate of drug-likeness (QED) is 0.474. The van der Waals surface area contributed by atoms with E-state index >= 15 is 0 Å². The normalized spacial score (nSPS) is 11.4. The molecule has 1 aromatic carbocycles. The molecule has 0 amide bonds. The zero-order valence-corrected chi connectivity index (χ0v) is 18.1. The van der Waals surface area contributed by atoms with Crippen LogP contribution >= 0.6 is 0 Å². The predicted molar refractivity (Wildman–Crippen MR) is 117 cm³/mol. The Morgan fingerprint density at radius 3 is 2.03 bits per heavy atom. The van der Waals surface area contributed by atoms with E-state index in [1.165, 1.54) is 39.2 Å². The third kappa shape index (κ3) is 3.53. The Bertz CT molecular complexity index is 1190. The molecule has 0 bridgehead atoms. The number of rotatable bonds is 4. The van der Waals surface area contributed by atoms with Crippen LogP contribution in [0, 0.1) is 5.92 Å². The summed E-state index contributed by atoms with van der Waals surface area (Å²) >= 11 is 0. The summed E-state index contributed by atoms with van der Waals surface area (Å²) in [7, 11) is 6.41. The maximum absolute atomic E-state index is 2.32. The highest BCUT2D eigenvalue weighted by Gasteiger charge is 2.27. The largest absolute Gasteiger partial charge is 0.277 e. The van der Waals surface area contributed by atoms with Crippen molar-refractivity contribution in [2.24, 2.45) is 27.1 Å². The van der Waals surface area contributed by atoms with Crippen molar-refractivity contribution in [1.29, 1.82) is 0 Å². The maximum Gasteiger partial charge on any atom is 0.277 e. The number of benzene rings is 1. The van der Waals surface area contributed by atoms with Crippen LogP contribution in [-0.4, -0.2) is 0 Å².